The molecule has 3 atom stereocenters. The van der Waals surface area contributed by atoms with E-state index >= 15 is 0 Å². The molecule has 0 aliphatic carbocycles. The lowest BCUT2D eigenvalue weighted by Gasteiger charge is -2.24. The Bertz CT molecular complexity index is 1300. The molecule has 0 aliphatic heterocycles. The van der Waals surface area contributed by atoms with Crippen LogP contribution in [0.4, 0.5) is 0 Å². The van der Waals surface area contributed by atoms with Gasteiger partial charge >= 0.3 is 19.8 Å². The van der Waals surface area contributed by atoms with E-state index in [4.69, 9.17) is 18.5 Å². The zero-order valence-corrected chi connectivity index (χ0v) is 38.5. The van der Waals surface area contributed by atoms with Gasteiger partial charge in [-0.05, 0) is 83.5 Å². The molecule has 0 saturated heterocycles. The van der Waals surface area contributed by atoms with E-state index in [-0.39, 0.29) is 26.1 Å². The Kier molecular flexibility index (Phi) is 37.4. The number of aliphatic hydroxyl groups excluding tert-OH is 1. The van der Waals surface area contributed by atoms with Crippen LogP contribution < -0.4 is 0 Å². The summed E-state index contributed by atoms with van der Waals surface area (Å²) in [7, 11) is 1.34. The van der Waals surface area contributed by atoms with Crippen LogP contribution in [0.1, 0.15) is 149 Å². The van der Waals surface area contributed by atoms with Gasteiger partial charge in [0.2, 0.25) is 0 Å². The maximum atomic E-state index is 12.7. The Morgan fingerprint density at radius 2 is 1.12 bits per heavy atom. The number of carbonyl (C=O) groups excluding carboxylic acids is 2. The Hall–Kier alpha value is -2.85. The molecule has 0 heterocycles. The fourth-order valence-electron chi connectivity index (χ4n) is 5.42. The van der Waals surface area contributed by atoms with Gasteiger partial charge in [-0.2, -0.15) is 0 Å². The molecule has 0 aromatic heterocycles. The number of hydrogen-bond acceptors (Lipinski definition) is 8. The van der Waals surface area contributed by atoms with E-state index in [0.717, 1.165) is 57.8 Å². The quantitative estimate of drug-likeness (QED) is 0.0155. The molecule has 0 amide bonds. The summed E-state index contributed by atoms with van der Waals surface area (Å²) in [5.41, 5.74) is 0. The molecular weight excluding hydrogens is 765 g/mol. The number of likely N-dealkylation sites (N-methyl/N-ethyl adjacent to an activating group) is 1. The molecule has 1 unspecified atom stereocenters. The molecule has 10 nitrogen and oxygen atoms in total. The van der Waals surface area contributed by atoms with Crippen molar-refractivity contribution in [2.75, 3.05) is 47.5 Å². The lowest BCUT2D eigenvalue weighted by Crippen LogP contribution is -2.37. The van der Waals surface area contributed by atoms with Crippen LogP contribution in [-0.2, 0) is 32.7 Å². The van der Waals surface area contributed by atoms with Crippen LogP contribution in [0.5, 0.6) is 0 Å². The Balaban J connectivity index is 4.61. The minimum atomic E-state index is -4.43. The van der Waals surface area contributed by atoms with Crippen molar-refractivity contribution in [3.8, 4) is 0 Å². The summed E-state index contributed by atoms with van der Waals surface area (Å²) in [6.07, 6.45) is 46.6. The van der Waals surface area contributed by atoms with E-state index in [1.54, 1.807) is 12.2 Å². The van der Waals surface area contributed by atoms with Crippen molar-refractivity contribution in [1.29, 1.82) is 0 Å². The number of phosphoric ester groups is 1. The van der Waals surface area contributed by atoms with Crippen molar-refractivity contribution in [3.63, 3.8) is 0 Å². The predicted molar refractivity (Wildman–Crippen MR) is 244 cm³/mol. The third kappa shape index (κ3) is 43.1. The fourth-order valence-corrected chi connectivity index (χ4v) is 6.16. The number of allylic oxidation sites excluding steroid dienone is 13. The van der Waals surface area contributed by atoms with Gasteiger partial charge in [-0.3, -0.25) is 18.6 Å². The highest BCUT2D eigenvalue weighted by molar-refractivity contribution is 7.47. The number of nitrogens with zero attached hydrogens (tertiary/aromatic N) is 1. The van der Waals surface area contributed by atoms with Crippen molar-refractivity contribution in [2.45, 2.75) is 161 Å². The molecule has 0 aromatic rings. The first-order valence-electron chi connectivity index (χ1n) is 22.4. The number of aliphatic hydroxyl groups is 1. The number of carbonyl (C=O) groups is 2. The van der Waals surface area contributed by atoms with Crippen LogP contribution in [0.15, 0.2) is 85.1 Å². The number of hydrogen-bond donors (Lipinski definition) is 2. The number of ether oxygens (including phenoxy) is 2. The van der Waals surface area contributed by atoms with E-state index in [0.29, 0.717) is 30.3 Å². The lowest BCUT2D eigenvalue weighted by molar-refractivity contribution is -0.870. The second-order valence-electron chi connectivity index (χ2n) is 15.9. The fraction of sp³-hybridized carbons (Fsp3) is 0.667. The van der Waals surface area contributed by atoms with E-state index < -0.39 is 38.6 Å². The summed E-state index contributed by atoms with van der Waals surface area (Å²) in [5, 5.41) is 10.3. The van der Waals surface area contributed by atoms with Crippen molar-refractivity contribution in [3.05, 3.63) is 85.1 Å². The summed E-state index contributed by atoms with van der Waals surface area (Å²) in [6.45, 7) is 4.09. The largest absolute Gasteiger partial charge is 0.472 e. The molecule has 0 bridgehead atoms. The maximum absolute atomic E-state index is 12.7. The summed E-state index contributed by atoms with van der Waals surface area (Å²) in [4.78, 5) is 35.4. The minimum Gasteiger partial charge on any atom is -0.462 e. The lowest BCUT2D eigenvalue weighted by atomic mass is 10.1. The van der Waals surface area contributed by atoms with Crippen LogP contribution in [0.3, 0.4) is 0 Å². The average Bonchev–Trinajstić information content (AvgIpc) is 3.18. The normalized spacial score (nSPS) is 14.9. The summed E-state index contributed by atoms with van der Waals surface area (Å²) in [5.74, 6) is -1.03. The second kappa shape index (κ2) is 39.3. The minimum absolute atomic E-state index is 0.00723. The van der Waals surface area contributed by atoms with Crippen molar-refractivity contribution >= 4 is 19.8 Å². The van der Waals surface area contributed by atoms with Gasteiger partial charge < -0.3 is 24.0 Å². The average molecular weight is 849 g/mol. The predicted octanol–water partition coefficient (Wildman–Crippen LogP) is 11.8. The second-order valence-corrected chi connectivity index (χ2v) is 17.4. The third-order valence-electron chi connectivity index (χ3n) is 9.00. The Morgan fingerprint density at radius 3 is 1.68 bits per heavy atom. The van der Waals surface area contributed by atoms with Crippen LogP contribution in [0, 0.1) is 0 Å². The highest BCUT2D eigenvalue weighted by atomic mass is 31.2. The summed E-state index contributed by atoms with van der Waals surface area (Å²) >= 11 is 0. The van der Waals surface area contributed by atoms with Crippen molar-refractivity contribution < 1.29 is 47.2 Å². The van der Waals surface area contributed by atoms with Gasteiger partial charge in [-0.15, -0.1) is 0 Å². The first-order chi connectivity index (χ1) is 28.4. The van der Waals surface area contributed by atoms with Gasteiger partial charge in [0, 0.05) is 12.8 Å². The molecule has 338 valence electrons. The number of rotatable bonds is 39. The van der Waals surface area contributed by atoms with E-state index in [2.05, 4.69) is 74.6 Å². The van der Waals surface area contributed by atoms with Gasteiger partial charge in [0.15, 0.2) is 6.10 Å². The smallest absolute Gasteiger partial charge is 0.462 e. The first kappa shape index (κ1) is 56.1. The molecule has 0 aromatic carbocycles. The number of quaternary nitrogens is 1. The zero-order chi connectivity index (χ0) is 43.7. The highest BCUT2D eigenvalue weighted by Crippen LogP contribution is 2.43. The molecule has 0 aliphatic rings. The van der Waals surface area contributed by atoms with Gasteiger partial charge in [0.25, 0.3) is 0 Å². The monoisotopic (exact) mass is 849 g/mol. The van der Waals surface area contributed by atoms with Gasteiger partial charge in [0.05, 0.1) is 33.9 Å². The molecule has 11 heteroatoms. The molecular formula is C48H83NO9P+. The highest BCUT2D eigenvalue weighted by Gasteiger charge is 2.27. The SMILES string of the molecule is CCCCC/C=C\C/C=C\C/C=C\C=C\[C@@H](O)CCCC(=O)OC[C@H](COP(=O)(O)OCC[N+](C)(C)C)OC(=O)CCCCCC/C=C\C/C=C\C/C=C\CCCCC. The van der Waals surface area contributed by atoms with Crippen LogP contribution in [0.25, 0.3) is 0 Å². The number of phosphoric acid groups is 1. The molecule has 59 heavy (non-hydrogen) atoms. The van der Waals surface area contributed by atoms with E-state index in [1.807, 2.05) is 33.3 Å². The van der Waals surface area contributed by atoms with Crippen LogP contribution in [0.2, 0.25) is 0 Å². The molecule has 0 fully saturated rings. The van der Waals surface area contributed by atoms with Crippen molar-refractivity contribution in [2.24, 2.45) is 0 Å². The Morgan fingerprint density at radius 1 is 0.610 bits per heavy atom. The van der Waals surface area contributed by atoms with Gasteiger partial charge in [-0.1, -0.05) is 137 Å². The zero-order valence-electron chi connectivity index (χ0n) is 37.6. The Labute approximate surface area is 359 Å². The topological polar surface area (TPSA) is 129 Å². The molecule has 0 rings (SSSR count). The molecule has 0 saturated carbocycles. The summed E-state index contributed by atoms with van der Waals surface area (Å²) < 4.78 is 34.1. The van der Waals surface area contributed by atoms with E-state index in [9.17, 15) is 24.2 Å². The number of esters is 2. The molecule has 0 radical (unpaired) electrons. The van der Waals surface area contributed by atoms with Crippen LogP contribution in [-0.4, -0.2) is 86.1 Å². The first-order valence-corrected chi connectivity index (χ1v) is 23.9. The molecule has 0 spiro atoms. The third-order valence-corrected chi connectivity index (χ3v) is 9.99. The van der Waals surface area contributed by atoms with Gasteiger partial charge in [0.1, 0.15) is 19.8 Å². The molecule has 2 N–H and O–H groups in total. The summed E-state index contributed by atoms with van der Waals surface area (Å²) in [6, 6.07) is 0. The van der Waals surface area contributed by atoms with Crippen LogP contribution >= 0.6 is 7.82 Å². The van der Waals surface area contributed by atoms with Gasteiger partial charge in [-0.25, -0.2) is 4.57 Å². The number of unbranched alkanes of at least 4 members (excludes halogenated alkanes) is 10. The standard InChI is InChI=1S/C48H82NO9P/c1-6-8-10-12-14-16-18-20-21-22-23-25-27-29-31-33-35-39-48(52)58-46(44-57-59(53,54)56-42-41-49(3,4)5)43-55-47(51)40-36-38-45(50)37-34-32-30-28-26-24-19-17-15-13-11-9-7-2/h14-17,20-21,23-26,30,32,34,37,45-46,50H,6-13,18-19,22,27-29,31,33,35-36,38-44H2,1-5H3/p+1/b16-14-,17-15-,21-20-,25-23-,26-24-,32-30-,37-34+/t45-,46-/m1/s1. The van der Waals surface area contributed by atoms with E-state index in [1.165, 1.54) is 44.9 Å². The maximum Gasteiger partial charge on any atom is 0.472 e. The van der Waals surface area contributed by atoms with Crippen molar-refractivity contribution in [1.82, 2.24) is 0 Å².